The van der Waals surface area contributed by atoms with Crippen molar-refractivity contribution in [2.45, 2.75) is 12.8 Å². The molecule has 3 saturated heterocycles. The van der Waals surface area contributed by atoms with Gasteiger partial charge in [0.05, 0.1) is 0 Å². The molecular formula is C11H19N3O. The average molecular weight is 209 g/mol. The molecular weight excluding hydrogens is 190 g/mol. The van der Waals surface area contributed by atoms with E-state index in [4.69, 9.17) is 0 Å². The van der Waals surface area contributed by atoms with E-state index in [2.05, 4.69) is 11.9 Å². The van der Waals surface area contributed by atoms with Crippen LogP contribution in [0.2, 0.25) is 0 Å². The van der Waals surface area contributed by atoms with Crippen molar-refractivity contribution in [1.82, 2.24) is 14.7 Å². The van der Waals surface area contributed by atoms with Gasteiger partial charge >= 0.3 is 6.03 Å². The van der Waals surface area contributed by atoms with Crippen LogP contribution in [0.25, 0.3) is 0 Å². The third kappa shape index (κ3) is 1.42. The van der Waals surface area contributed by atoms with Crippen LogP contribution in [0.15, 0.2) is 0 Å². The van der Waals surface area contributed by atoms with Crippen LogP contribution >= 0.6 is 0 Å². The Morgan fingerprint density at radius 1 is 1.00 bits per heavy atom. The maximum atomic E-state index is 12.0. The summed E-state index contributed by atoms with van der Waals surface area (Å²) in [7, 11) is 2.15. The Morgan fingerprint density at radius 3 is 2.13 bits per heavy atom. The first-order valence-electron chi connectivity index (χ1n) is 5.91. The fourth-order valence-electron chi connectivity index (χ4n) is 3.31. The van der Waals surface area contributed by atoms with Gasteiger partial charge in [-0.1, -0.05) is 0 Å². The molecule has 0 saturated carbocycles. The molecule has 0 aliphatic carbocycles. The van der Waals surface area contributed by atoms with Crippen molar-refractivity contribution in [2.24, 2.45) is 5.41 Å². The molecule has 1 spiro atoms. The highest BCUT2D eigenvalue weighted by atomic mass is 16.2. The van der Waals surface area contributed by atoms with Gasteiger partial charge in [0.2, 0.25) is 0 Å². The Bertz CT molecular complexity index is 272. The van der Waals surface area contributed by atoms with Crippen LogP contribution in [0, 0.1) is 5.41 Å². The van der Waals surface area contributed by atoms with Crippen LogP contribution in [0.4, 0.5) is 4.79 Å². The quantitative estimate of drug-likeness (QED) is 0.579. The van der Waals surface area contributed by atoms with Gasteiger partial charge in [0.25, 0.3) is 0 Å². The third-order valence-electron chi connectivity index (χ3n) is 3.91. The van der Waals surface area contributed by atoms with Gasteiger partial charge in [0, 0.05) is 44.7 Å². The van der Waals surface area contributed by atoms with Crippen molar-refractivity contribution in [3.8, 4) is 0 Å². The topological polar surface area (TPSA) is 26.8 Å². The summed E-state index contributed by atoms with van der Waals surface area (Å²) in [5.41, 5.74) is 0.476. The maximum absolute atomic E-state index is 12.0. The summed E-state index contributed by atoms with van der Waals surface area (Å²) in [6.07, 6.45) is 2.38. The first-order valence-corrected chi connectivity index (χ1v) is 5.91. The fraction of sp³-hybridized carbons (Fsp3) is 0.909. The number of amides is 2. The molecule has 0 radical (unpaired) electrons. The minimum Gasteiger partial charge on any atom is -0.325 e. The lowest BCUT2D eigenvalue weighted by Crippen LogP contribution is -2.72. The number of urea groups is 1. The molecule has 3 rings (SSSR count). The highest BCUT2D eigenvalue weighted by Crippen LogP contribution is 2.39. The van der Waals surface area contributed by atoms with E-state index in [-0.39, 0.29) is 6.03 Å². The second kappa shape index (κ2) is 3.11. The molecule has 15 heavy (non-hydrogen) atoms. The highest BCUT2D eigenvalue weighted by Gasteiger charge is 2.52. The van der Waals surface area contributed by atoms with E-state index in [0.717, 1.165) is 26.2 Å². The van der Waals surface area contributed by atoms with Crippen molar-refractivity contribution in [3.63, 3.8) is 0 Å². The molecule has 84 valence electrons. The molecule has 0 aromatic carbocycles. The Morgan fingerprint density at radius 2 is 1.60 bits per heavy atom. The van der Waals surface area contributed by atoms with Crippen LogP contribution in [-0.2, 0) is 0 Å². The van der Waals surface area contributed by atoms with Gasteiger partial charge in [0.1, 0.15) is 0 Å². The Balaban J connectivity index is 1.52. The molecule has 0 bridgehead atoms. The zero-order valence-electron chi connectivity index (χ0n) is 9.41. The summed E-state index contributed by atoms with van der Waals surface area (Å²) in [4.78, 5) is 18.3. The summed E-state index contributed by atoms with van der Waals surface area (Å²) in [5.74, 6) is 0. The molecule has 0 atom stereocenters. The van der Waals surface area contributed by atoms with E-state index in [0.29, 0.717) is 5.41 Å². The molecule has 2 amide bonds. The predicted molar refractivity (Wildman–Crippen MR) is 57.7 cm³/mol. The second-order valence-electron chi connectivity index (χ2n) is 5.51. The molecule has 3 aliphatic rings. The summed E-state index contributed by atoms with van der Waals surface area (Å²) in [6.45, 7) is 6.29. The highest BCUT2D eigenvalue weighted by molar-refractivity contribution is 5.76. The van der Waals surface area contributed by atoms with Gasteiger partial charge in [-0.3, -0.25) is 0 Å². The van der Waals surface area contributed by atoms with Gasteiger partial charge in [-0.15, -0.1) is 0 Å². The van der Waals surface area contributed by atoms with Crippen LogP contribution in [0.1, 0.15) is 12.8 Å². The molecule has 0 N–H and O–H groups in total. The second-order valence-corrected chi connectivity index (χ2v) is 5.51. The molecule has 4 heteroatoms. The maximum Gasteiger partial charge on any atom is 0.320 e. The van der Waals surface area contributed by atoms with E-state index < -0.39 is 0 Å². The average Bonchev–Trinajstić information content (AvgIpc) is 2.60. The zero-order chi connectivity index (χ0) is 10.5. The molecule has 3 heterocycles. The number of rotatable bonds is 0. The Hall–Kier alpha value is -0.770. The van der Waals surface area contributed by atoms with Crippen LogP contribution in [-0.4, -0.2) is 67.0 Å². The first kappa shape index (κ1) is 9.46. The normalized spacial score (nSPS) is 29.1. The van der Waals surface area contributed by atoms with E-state index in [1.165, 1.54) is 25.9 Å². The monoisotopic (exact) mass is 209 g/mol. The SMILES string of the molecule is CN1CC2(C1)CN(C(=O)N1CCCC1)C2. The molecule has 0 unspecified atom stereocenters. The minimum absolute atomic E-state index is 0.285. The fourth-order valence-corrected chi connectivity index (χ4v) is 3.31. The van der Waals surface area contributed by atoms with E-state index in [9.17, 15) is 4.79 Å². The number of hydrogen-bond acceptors (Lipinski definition) is 2. The molecule has 0 aromatic heterocycles. The molecule has 0 aromatic rings. The molecule has 4 nitrogen and oxygen atoms in total. The van der Waals surface area contributed by atoms with Gasteiger partial charge in [0.15, 0.2) is 0 Å². The lowest BCUT2D eigenvalue weighted by Gasteiger charge is -2.59. The van der Waals surface area contributed by atoms with E-state index >= 15 is 0 Å². The van der Waals surface area contributed by atoms with Crippen molar-refractivity contribution < 1.29 is 4.79 Å². The lowest BCUT2D eigenvalue weighted by atomic mass is 9.73. The van der Waals surface area contributed by atoms with Crippen molar-refractivity contribution in [2.75, 3.05) is 46.3 Å². The number of carbonyl (C=O) groups is 1. The summed E-state index contributed by atoms with van der Waals surface area (Å²) in [5, 5.41) is 0. The summed E-state index contributed by atoms with van der Waals surface area (Å²) in [6, 6.07) is 0.285. The number of likely N-dealkylation sites (tertiary alicyclic amines) is 3. The Kier molecular flexibility index (Phi) is 1.96. The minimum atomic E-state index is 0.285. The number of hydrogen-bond donors (Lipinski definition) is 0. The van der Waals surface area contributed by atoms with Gasteiger partial charge < -0.3 is 14.7 Å². The van der Waals surface area contributed by atoms with Gasteiger partial charge in [-0.2, -0.15) is 0 Å². The van der Waals surface area contributed by atoms with Crippen molar-refractivity contribution in [1.29, 1.82) is 0 Å². The van der Waals surface area contributed by atoms with Gasteiger partial charge in [-0.25, -0.2) is 4.79 Å². The molecule has 3 aliphatic heterocycles. The number of nitrogens with zero attached hydrogens (tertiary/aromatic N) is 3. The summed E-state index contributed by atoms with van der Waals surface area (Å²) < 4.78 is 0. The van der Waals surface area contributed by atoms with Crippen molar-refractivity contribution >= 4 is 6.03 Å². The summed E-state index contributed by atoms with van der Waals surface area (Å²) >= 11 is 0. The van der Waals surface area contributed by atoms with E-state index in [1.807, 2.05) is 9.80 Å². The van der Waals surface area contributed by atoms with Crippen LogP contribution < -0.4 is 0 Å². The number of carbonyl (C=O) groups excluding carboxylic acids is 1. The Labute approximate surface area is 90.8 Å². The zero-order valence-corrected chi connectivity index (χ0v) is 9.41. The van der Waals surface area contributed by atoms with Crippen LogP contribution in [0.3, 0.4) is 0 Å². The third-order valence-corrected chi connectivity index (χ3v) is 3.91. The lowest BCUT2D eigenvalue weighted by molar-refractivity contribution is -0.0870. The largest absolute Gasteiger partial charge is 0.325 e. The van der Waals surface area contributed by atoms with Crippen molar-refractivity contribution in [3.05, 3.63) is 0 Å². The first-order chi connectivity index (χ1) is 7.19. The standard InChI is InChI=1S/C11H19N3O/c1-12-6-11(7-12)8-14(9-11)10(15)13-4-2-3-5-13/h2-9H2,1H3. The van der Waals surface area contributed by atoms with Crippen LogP contribution in [0.5, 0.6) is 0 Å². The van der Waals surface area contributed by atoms with Gasteiger partial charge in [-0.05, 0) is 19.9 Å². The predicted octanol–water partition coefficient (Wildman–Crippen LogP) is 0.450. The smallest absolute Gasteiger partial charge is 0.320 e. The molecule has 3 fully saturated rings. The van der Waals surface area contributed by atoms with E-state index in [1.54, 1.807) is 0 Å².